The lowest BCUT2D eigenvalue weighted by molar-refractivity contribution is -0.00518. The monoisotopic (exact) mass is 642 g/mol. The third kappa shape index (κ3) is 5.16. The summed E-state index contributed by atoms with van der Waals surface area (Å²) in [4.78, 5) is 4.78. The molecule has 1 aliphatic heterocycles. The van der Waals surface area contributed by atoms with Gasteiger partial charge in [-0.1, -0.05) is 67.8 Å². The predicted octanol–water partition coefficient (Wildman–Crippen LogP) is 13.2. The van der Waals surface area contributed by atoms with Crippen LogP contribution in [-0.2, 0) is 5.41 Å². The summed E-state index contributed by atoms with van der Waals surface area (Å²) in [6, 6.07) is 45.1. The number of hydrogen-bond acceptors (Lipinski definition) is 3. The van der Waals surface area contributed by atoms with E-state index >= 15 is 0 Å². The van der Waals surface area contributed by atoms with Crippen molar-refractivity contribution in [2.45, 2.75) is 82.0 Å². The quantitative estimate of drug-likeness (QED) is 0.180. The van der Waals surface area contributed by atoms with Gasteiger partial charge in [-0.25, -0.2) is 0 Å². The number of anilines is 6. The van der Waals surface area contributed by atoms with Crippen molar-refractivity contribution in [3.05, 3.63) is 132 Å². The van der Waals surface area contributed by atoms with Crippen LogP contribution in [0.2, 0.25) is 0 Å². The molecule has 3 nitrogen and oxygen atoms in total. The van der Waals surface area contributed by atoms with Gasteiger partial charge in [0.05, 0.1) is 11.4 Å². The molecule has 0 aromatic heterocycles. The molecule has 0 spiro atoms. The lowest BCUT2D eigenvalue weighted by Gasteiger charge is -2.57. The van der Waals surface area contributed by atoms with Gasteiger partial charge in [-0.2, -0.15) is 0 Å². The Bertz CT molecular complexity index is 1870. The Morgan fingerprint density at radius 2 is 1.02 bits per heavy atom. The van der Waals surface area contributed by atoms with Gasteiger partial charge in [0.25, 0.3) is 0 Å². The molecule has 1 heterocycles. The standard InChI is InChI=1S/C46H46N2O/c1-2-8-35(9-3-1)36-14-18-38(19-15-36)47(39-20-16-37(17-21-39)46-29-32-26-33(30-46)28-34(27-32)31-46)40-22-24-41(25-23-40)48-42-10-4-6-12-44(42)49-45-13-7-5-11-43(45)48/h4-7,10-25,32-35H,1-3,8-9,26-31H2. The molecular weight excluding hydrogens is 597 g/mol. The van der Waals surface area contributed by atoms with Crippen LogP contribution in [-0.4, -0.2) is 0 Å². The van der Waals surface area contributed by atoms with E-state index in [0.717, 1.165) is 46.3 Å². The summed E-state index contributed by atoms with van der Waals surface area (Å²) in [6.07, 6.45) is 15.4. The zero-order valence-electron chi connectivity index (χ0n) is 28.4. The molecule has 3 heteroatoms. The molecule has 5 aliphatic carbocycles. The molecule has 0 radical (unpaired) electrons. The highest BCUT2D eigenvalue weighted by Gasteiger charge is 2.51. The lowest BCUT2D eigenvalue weighted by atomic mass is 9.48. The van der Waals surface area contributed by atoms with E-state index < -0.39 is 0 Å². The van der Waals surface area contributed by atoms with Crippen molar-refractivity contribution in [3.8, 4) is 11.5 Å². The Morgan fingerprint density at radius 1 is 0.531 bits per heavy atom. The minimum Gasteiger partial charge on any atom is -0.453 e. The van der Waals surface area contributed by atoms with Crippen molar-refractivity contribution < 1.29 is 4.74 Å². The number of fused-ring (bicyclic) bond motifs is 2. The van der Waals surface area contributed by atoms with Gasteiger partial charge in [0, 0.05) is 22.7 Å². The lowest BCUT2D eigenvalue weighted by Crippen LogP contribution is -2.48. The molecule has 246 valence electrons. The van der Waals surface area contributed by atoms with Crippen LogP contribution in [0.4, 0.5) is 34.1 Å². The molecule has 4 bridgehead atoms. The van der Waals surface area contributed by atoms with Crippen LogP contribution >= 0.6 is 0 Å². The van der Waals surface area contributed by atoms with Crippen molar-refractivity contribution in [1.29, 1.82) is 0 Å². The number of benzene rings is 5. The fourth-order valence-corrected chi connectivity index (χ4v) is 10.9. The van der Waals surface area contributed by atoms with E-state index in [2.05, 4.69) is 119 Å². The number of rotatable bonds is 6. The summed E-state index contributed by atoms with van der Waals surface area (Å²) in [5.74, 6) is 5.32. The topological polar surface area (TPSA) is 15.7 Å². The van der Waals surface area contributed by atoms with Crippen molar-refractivity contribution in [2.24, 2.45) is 17.8 Å². The second-order valence-corrected chi connectivity index (χ2v) is 15.9. The SMILES string of the molecule is c1ccc2c(c1)Oc1ccccc1N2c1ccc(N(c2ccc(C3CCCCC3)cc2)c2ccc(C34CC5CC(CC(C5)C3)C4)cc2)cc1. The van der Waals surface area contributed by atoms with Crippen LogP contribution in [0.15, 0.2) is 121 Å². The van der Waals surface area contributed by atoms with E-state index in [1.54, 1.807) is 5.56 Å². The molecule has 5 aromatic carbocycles. The Morgan fingerprint density at radius 3 is 1.57 bits per heavy atom. The third-order valence-corrected chi connectivity index (χ3v) is 12.8. The molecule has 0 saturated heterocycles. The molecule has 0 N–H and O–H groups in total. The highest BCUT2D eigenvalue weighted by Crippen LogP contribution is 2.61. The maximum Gasteiger partial charge on any atom is 0.151 e. The zero-order valence-corrected chi connectivity index (χ0v) is 28.4. The van der Waals surface area contributed by atoms with Gasteiger partial charge in [-0.05, 0) is 164 Å². The second-order valence-electron chi connectivity index (χ2n) is 15.9. The van der Waals surface area contributed by atoms with Gasteiger partial charge in [-0.3, -0.25) is 0 Å². The molecule has 0 atom stereocenters. The molecular formula is C46H46N2O. The molecule has 0 amide bonds. The summed E-state index contributed by atoms with van der Waals surface area (Å²) in [5.41, 5.74) is 10.4. The summed E-state index contributed by atoms with van der Waals surface area (Å²) in [6.45, 7) is 0. The van der Waals surface area contributed by atoms with Crippen LogP contribution in [0.3, 0.4) is 0 Å². The summed E-state index contributed by atoms with van der Waals surface area (Å²) in [5, 5.41) is 0. The number of hydrogen-bond donors (Lipinski definition) is 0. The third-order valence-electron chi connectivity index (χ3n) is 12.8. The van der Waals surface area contributed by atoms with E-state index in [-0.39, 0.29) is 0 Å². The average Bonchev–Trinajstić information content (AvgIpc) is 3.15. The van der Waals surface area contributed by atoms with Crippen LogP contribution < -0.4 is 14.5 Å². The number of ether oxygens (including phenoxy) is 1. The summed E-state index contributed by atoms with van der Waals surface area (Å²) in [7, 11) is 0. The molecule has 5 fully saturated rings. The molecule has 0 unspecified atom stereocenters. The summed E-state index contributed by atoms with van der Waals surface area (Å²) < 4.78 is 6.30. The Kier molecular flexibility index (Phi) is 7.10. The fourth-order valence-electron chi connectivity index (χ4n) is 10.9. The van der Waals surface area contributed by atoms with Crippen molar-refractivity contribution in [3.63, 3.8) is 0 Å². The average molecular weight is 643 g/mol. The van der Waals surface area contributed by atoms with E-state index in [4.69, 9.17) is 4.74 Å². The minimum absolute atomic E-state index is 0.409. The maximum atomic E-state index is 6.30. The molecule has 6 aliphatic rings. The predicted molar refractivity (Wildman–Crippen MR) is 202 cm³/mol. The largest absolute Gasteiger partial charge is 0.453 e. The second kappa shape index (κ2) is 11.8. The molecule has 11 rings (SSSR count). The maximum absolute atomic E-state index is 6.30. The van der Waals surface area contributed by atoms with Crippen molar-refractivity contribution in [2.75, 3.05) is 9.80 Å². The van der Waals surface area contributed by atoms with Gasteiger partial charge in [0.2, 0.25) is 0 Å². The van der Waals surface area contributed by atoms with E-state index in [1.165, 1.54) is 93.3 Å². The minimum atomic E-state index is 0.409. The van der Waals surface area contributed by atoms with E-state index in [1.807, 2.05) is 12.1 Å². The Balaban J connectivity index is 1.01. The number of para-hydroxylation sites is 4. The van der Waals surface area contributed by atoms with Gasteiger partial charge >= 0.3 is 0 Å². The van der Waals surface area contributed by atoms with Crippen LogP contribution in [0.25, 0.3) is 0 Å². The first-order valence-corrected chi connectivity index (χ1v) is 19.0. The van der Waals surface area contributed by atoms with Crippen molar-refractivity contribution >= 4 is 34.1 Å². The Hall–Kier alpha value is -4.50. The smallest absolute Gasteiger partial charge is 0.151 e. The van der Waals surface area contributed by atoms with Gasteiger partial charge in [-0.15, -0.1) is 0 Å². The first kappa shape index (κ1) is 29.4. The molecule has 5 saturated carbocycles. The van der Waals surface area contributed by atoms with E-state index in [0.29, 0.717) is 11.3 Å². The number of nitrogens with zero attached hydrogens (tertiary/aromatic N) is 2. The van der Waals surface area contributed by atoms with Gasteiger partial charge < -0.3 is 14.5 Å². The van der Waals surface area contributed by atoms with E-state index in [9.17, 15) is 0 Å². The normalized spacial score (nSPS) is 25.4. The van der Waals surface area contributed by atoms with Gasteiger partial charge in [0.15, 0.2) is 11.5 Å². The fraction of sp³-hybridized carbons (Fsp3) is 0.348. The summed E-state index contributed by atoms with van der Waals surface area (Å²) >= 11 is 0. The van der Waals surface area contributed by atoms with Crippen molar-refractivity contribution in [1.82, 2.24) is 0 Å². The highest BCUT2D eigenvalue weighted by atomic mass is 16.5. The first-order valence-electron chi connectivity index (χ1n) is 19.0. The first-order chi connectivity index (χ1) is 24.2. The Labute approximate surface area is 291 Å². The molecule has 49 heavy (non-hydrogen) atoms. The van der Waals surface area contributed by atoms with Crippen LogP contribution in [0.5, 0.6) is 11.5 Å². The zero-order chi connectivity index (χ0) is 32.4. The highest BCUT2D eigenvalue weighted by molar-refractivity contribution is 5.87. The van der Waals surface area contributed by atoms with Crippen LogP contribution in [0, 0.1) is 17.8 Å². The molecule has 5 aromatic rings. The van der Waals surface area contributed by atoms with Crippen LogP contribution in [0.1, 0.15) is 87.7 Å². The van der Waals surface area contributed by atoms with Gasteiger partial charge in [0.1, 0.15) is 0 Å².